The van der Waals surface area contributed by atoms with Crippen LogP contribution in [0.2, 0.25) is 0 Å². The van der Waals surface area contributed by atoms with Gasteiger partial charge in [0.25, 0.3) is 0 Å². The summed E-state index contributed by atoms with van der Waals surface area (Å²) < 4.78 is 12.9. The van der Waals surface area contributed by atoms with Crippen LogP contribution < -0.4 is 5.48 Å². The lowest BCUT2D eigenvalue weighted by atomic mass is 10.1. The molecule has 0 atom stereocenters. The number of aryl methyl sites for hydroxylation is 1. The fraction of sp³-hybridized carbons (Fsp3) is 0.222. The molecular formula is C9H10FNO2. The Morgan fingerprint density at radius 3 is 2.77 bits per heavy atom. The second kappa shape index (κ2) is 4.57. The molecule has 0 aromatic heterocycles. The van der Waals surface area contributed by atoms with Gasteiger partial charge >= 0.3 is 0 Å². The number of amides is 1. The number of halogens is 1. The molecule has 0 bridgehead atoms. The summed E-state index contributed by atoms with van der Waals surface area (Å²) in [4.78, 5) is 10.6. The number of carbonyl (C=O) groups excluding carboxylic acids is 1. The Kier molecular flexibility index (Phi) is 3.40. The van der Waals surface area contributed by atoms with Crippen LogP contribution in [0, 0.1) is 5.82 Å². The maximum Gasteiger partial charge on any atom is 0.243 e. The summed E-state index contributed by atoms with van der Waals surface area (Å²) in [7, 11) is 0. The van der Waals surface area contributed by atoms with Crippen molar-refractivity contribution in [2.75, 3.05) is 0 Å². The molecule has 0 heterocycles. The molecule has 70 valence electrons. The van der Waals surface area contributed by atoms with E-state index in [-0.39, 0.29) is 12.2 Å². The highest BCUT2D eigenvalue weighted by molar-refractivity contribution is 5.74. The summed E-state index contributed by atoms with van der Waals surface area (Å²) in [6.07, 6.45) is 0.372. The van der Waals surface area contributed by atoms with E-state index >= 15 is 0 Å². The number of benzene rings is 1. The van der Waals surface area contributed by atoms with Crippen LogP contribution in [0.3, 0.4) is 0 Å². The van der Waals surface area contributed by atoms with E-state index in [0.29, 0.717) is 12.0 Å². The van der Waals surface area contributed by atoms with Crippen molar-refractivity contribution < 1.29 is 14.4 Å². The lowest BCUT2D eigenvalue weighted by molar-refractivity contribution is -0.129. The smallest absolute Gasteiger partial charge is 0.243 e. The topological polar surface area (TPSA) is 49.3 Å². The van der Waals surface area contributed by atoms with E-state index in [4.69, 9.17) is 5.21 Å². The third-order valence-electron chi connectivity index (χ3n) is 1.70. The lowest BCUT2D eigenvalue weighted by Gasteiger charge is -2.00. The Morgan fingerprint density at radius 1 is 1.46 bits per heavy atom. The van der Waals surface area contributed by atoms with Gasteiger partial charge in [0.15, 0.2) is 0 Å². The van der Waals surface area contributed by atoms with Crippen LogP contribution in [0.4, 0.5) is 4.39 Å². The van der Waals surface area contributed by atoms with Crippen LogP contribution >= 0.6 is 0 Å². The van der Waals surface area contributed by atoms with Crippen LogP contribution in [0.1, 0.15) is 12.0 Å². The third-order valence-corrected chi connectivity index (χ3v) is 1.70. The highest BCUT2D eigenvalue weighted by atomic mass is 19.1. The minimum absolute atomic E-state index is 0.0808. The van der Waals surface area contributed by atoms with Crippen LogP contribution in [0.25, 0.3) is 0 Å². The second-order valence-corrected chi connectivity index (χ2v) is 2.63. The van der Waals surface area contributed by atoms with Crippen molar-refractivity contribution in [2.24, 2.45) is 0 Å². The zero-order valence-corrected chi connectivity index (χ0v) is 6.96. The molecule has 2 N–H and O–H groups in total. The molecular weight excluding hydrogens is 173 g/mol. The molecule has 0 aliphatic rings. The monoisotopic (exact) mass is 183 g/mol. The molecule has 1 amide bonds. The van der Waals surface area contributed by atoms with Gasteiger partial charge in [-0.05, 0) is 18.1 Å². The highest BCUT2D eigenvalue weighted by Crippen LogP contribution is 2.08. The first-order valence-corrected chi connectivity index (χ1v) is 3.90. The number of hydroxylamine groups is 1. The predicted molar refractivity (Wildman–Crippen MR) is 44.7 cm³/mol. The van der Waals surface area contributed by atoms with Crippen molar-refractivity contribution in [3.8, 4) is 0 Å². The van der Waals surface area contributed by atoms with Gasteiger partial charge in [0.2, 0.25) is 5.91 Å². The first-order valence-electron chi connectivity index (χ1n) is 3.90. The predicted octanol–water partition coefficient (Wildman–Crippen LogP) is 1.26. The van der Waals surface area contributed by atoms with E-state index in [0.717, 1.165) is 0 Å². The normalized spacial score (nSPS) is 9.69. The highest BCUT2D eigenvalue weighted by Gasteiger charge is 2.03. The molecule has 0 aliphatic carbocycles. The second-order valence-electron chi connectivity index (χ2n) is 2.63. The molecule has 0 spiro atoms. The van der Waals surface area contributed by atoms with Gasteiger partial charge in [-0.3, -0.25) is 10.0 Å². The average Bonchev–Trinajstić information content (AvgIpc) is 2.16. The van der Waals surface area contributed by atoms with Crippen LogP contribution in [0.15, 0.2) is 24.3 Å². The van der Waals surface area contributed by atoms with E-state index in [9.17, 15) is 9.18 Å². The Hall–Kier alpha value is -1.42. The number of hydrogen-bond donors (Lipinski definition) is 2. The molecule has 13 heavy (non-hydrogen) atoms. The Bertz CT molecular complexity index is 301. The maximum absolute atomic E-state index is 12.9. The van der Waals surface area contributed by atoms with Crippen LogP contribution in [-0.2, 0) is 11.2 Å². The molecule has 0 saturated carbocycles. The molecule has 0 unspecified atom stereocenters. The summed E-state index contributed by atoms with van der Waals surface area (Å²) in [5.74, 6) is -0.837. The number of hydrogen-bond acceptors (Lipinski definition) is 2. The quantitative estimate of drug-likeness (QED) is 0.547. The van der Waals surface area contributed by atoms with Crippen molar-refractivity contribution >= 4 is 5.91 Å². The molecule has 1 aromatic carbocycles. The van der Waals surface area contributed by atoms with E-state index in [1.807, 2.05) is 0 Å². The molecule has 0 radical (unpaired) electrons. The van der Waals surface area contributed by atoms with Gasteiger partial charge in [-0.15, -0.1) is 0 Å². The lowest BCUT2D eigenvalue weighted by Crippen LogP contribution is -2.18. The summed E-state index contributed by atoms with van der Waals surface area (Å²) in [6, 6.07) is 6.24. The van der Waals surface area contributed by atoms with Gasteiger partial charge in [-0.2, -0.15) is 0 Å². The van der Waals surface area contributed by atoms with Crippen molar-refractivity contribution in [1.82, 2.24) is 5.48 Å². The summed E-state index contributed by atoms with van der Waals surface area (Å²) >= 11 is 0. The van der Waals surface area contributed by atoms with Crippen molar-refractivity contribution in [3.05, 3.63) is 35.6 Å². The Balaban J connectivity index is 2.54. The van der Waals surface area contributed by atoms with Gasteiger partial charge in [-0.25, -0.2) is 9.87 Å². The van der Waals surface area contributed by atoms with E-state index < -0.39 is 5.91 Å². The minimum atomic E-state index is -0.511. The molecule has 0 fully saturated rings. The average molecular weight is 183 g/mol. The maximum atomic E-state index is 12.9. The first-order chi connectivity index (χ1) is 6.24. The molecule has 0 aliphatic heterocycles. The van der Waals surface area contributed by atoms with Crippen LogP contribution in [0.5, 0.6) is 0 Å². The molecule has 4 heteroatoms. The SMILES string of the molecule is O=C(CCc1ccccc1F)NO. The van der Waals surface area contributed by atoms with Crippen molar-refractivity contribution in [3.63, 3.8) is 0 Å². The van der Waals surface area contributed by atoms with Crippen molar-refractivity contribution in [2.45, 2.75) is 12.8 Å². The molecule has 1 rings (SSSR count). The fourth-order valence-corrected chi connectivity index (χ4v) is 1.01. The summed E-state index contributed by atoms with van der Waals surface area (Å²) in [6.45, 7) is 0. The first kappa shape index (κ1) is 9.67. The minimum Gasteiger partial charge on any atom is -0.289 e. The van der Waals surface area contributed by atoms with Gasteiger partial charge in [-0.1, -0.05) is 18.2 Å². The van der Waals surface area contributed by atoms with Crippen molar-refractivity contribution in [1.29, 1.82) is 0 Å². The van der Waals surface area contributed by atoms with Gasteiger partial charge in [0.1, 0.15) is 5.82 Å². The summed E-state index contributed by atoms with van der Waals surface area (Å²) in [5.41, 5.74) is 1.97. The third kappa shape index (κ3) is 2.83. The molecule has 1 aromatic rings. The fourth-order valence-electron chi connectivity index (χ4n) is 1.01. The number of carbonyl (C=O) groups is 1. The Labute approximate surface area is 75.2 Å². The standard InChI is InChI=1S/C9H10FNO2/c10-8-4-2-1-3-7(8)5-6-9(12)11-13/h1-4,13H,5-6H2,(H,11,12). The van der Waals surface area contributed by atoms with E-state index in [1.165, 1.54) is 11.5 Å². The number of rotatable bonds is 3. The largest absolute Gasteiger partial charge is 0.289 e. The van der Waals surface area contributed by atoms with Gasteiger partial charge in [0, 0.05) is 6.42 Å². The summed E-state index contributed by atoms with van der Waals surface area (Å²) in [5, 5.41) is 8.19. The van der Waals surface area contributed by atoms with E-state index in [2.05, 4.69) is 0 Å². The molecule has 3 nitrogen and oxygen atoms in total. The van der Waals surface area contributed by atoms with Gasteiger partial charge in [0.05, 0.1) is 0 Å². The van der Waals surface area contributed by atoms with Gasteiger partial charge < -0.3 is 0 Å². The zero-order valence-electron chi connectivity index (χ0n) is 6.96. The van der Waals surface area contributed by atoms with Crippen LogP contribution in [-0.4, -0.2) is 11.1 Å². The zero-order chi connectivity index (χ0) is 9.68. The Morgan fingerprint density at radius 2 is 2.15 bits per heavy atom. The molecule has 0 saturated heterocycles. The van der Waals surface area contributed by atoms with E-state index in [1.54, 1.807) is 18.2 Å². The number of nitrogens with one attached hydrogen (secondary N) is 1.